The van der Waals surface area contributed by atoms with E-state index in [1.54, 1.807) is 6.08 Å². The molecule has 0 amide bonds. The zero-order valence-electron chi connectivity index (χ0n) is 19.8. The van der Waals surface area contributed by atoms with Crippen molar-refractivity contribution >= 4 is 27.9 Å². The molecule has 0 saturated carbocycles. The number of isocyanates is 1. The van der Waals surface area contributed by atoms with E-state index in [-0.39, 0.29) is 6.04 Å². The van der Waals surface area contributed by atoms with E-state index in [1.165, 1.54) is 41.1 Å². The maximum atomic E-state index is 10.1. The van der Waals surface area contributed by atoms with Crippen LogP contribution in [0, 0.1) is 23.7 Å². The monoisotopic (exact) mass is 438 g/mol. The fourth-order valence-electron chi connectivity index (χ4n) is 4.33. The highest BCUT2D eigenvalue weighted by Crippen LogP contribution is 2.33. The Morgan fingerprint density at radius 3 is 2.12 bits per heavy atom. The first-order valence-electron chi connectivity index (χ1n) is 12.4. The van der Waals surface area contributed by atoms with Gasteiger partial charge in [-0.05, 0) is 43.2 Å². The molecule has 0 saturated heterocycles. The molecule has 170 valence electrons. The molecule has 0 spiro atoms. The van der Waals surface area contributed by atoms with Gasteiger partial charge in [0, 0.05) is 17.2 Å². The van der Waals surface area contributed by atoms with E-state index in [2.05, 4.69) is 88.7 Å². The normalized spacial score (nSPS) is 11.3. The Bertz CT molecular complexity index is 1140. The second kappa shape index (κ2) is 14.0. The molecule has 1 atom stereocenters. The van der Waals surface area contributed by atoms with Gasteiger partial charge in [0.25, 0.3) is 0 Å². The number of aromatic nitrogens is 1. The summed E-state index contributed by atoms with van der Waals surface area (Å²) in [4.78, 5) is 13.8. The van der Waals surface area contributed by atoms with Crippen molar-refractivity contribution in [3.05, 3.63) is 48.5 Å². The average molecular weight is 439 g/mol. The number of unbranched alkanes of at least 4 members (excludes halogenated alkanes) is 7. The lowest BCUT2D eigenvalue weighted by molar-refractivity contribution is 0.527. The predicted molar refractivity (Wildman–Crippen MR) is 139 cm³/mol. The molecule has 3 rings (SSSR count). The molecule has 3 nitrogen and oxygen atoms in total. The van der Waals surface area contributed by atoms with Crippen molar-refractivity contribution in [1.29, 1.82) is 0 Å². The zero-order valence-corrected chi connectivity index (χ0v) is 19.8. The Labute approximate surface area is 198 Å². The number of hydrogen-bond acceptors (Lipinski definition) is 2. The SMILES string of the molecule is CCCCC#CC#CC(CCCCCCCCN=C=O)n1c2ccccc2c2ccccc21. The average Bonchev–Trinajstić information content (AvgIpc) is 3.18. The first-order valence-corrected chi connectivity index (χ1v) is 12.4. The van der Waals surface area contributed by atoms with Crippen LogP contribution in [0.1, 0.15) is 77.2 Å². The van der Waals surface area contributed by atoms with Crippen molar-refractivity contribution in [3.8, 4) is 23.7 Å². The minimum atomic E-state index is 0.109. The fourth-order valence-corrected chi connectivity index (χ4v) is 4.33. The lowest BCUT2D eigenvalue weighted by Gasteiger charge is -2.16. The summed E-state index contributed by atoms with van der Waals surface area (Å²) in [5, 5.41) is 2.57. The van der Waals surface area contributed by atoms with Gasteiger partial charge in [0.2, 0.25) is 6.08 Å². The van der Waals surface area contributed by atoms with E-state index in [0.29, 0.717) is 6.54 Å². The number of carbonyl (C=O) groups excluding carboxylic acids is 1. The van der Waals surface area contributed by atoms with Crippen LogP contribution in [-0.2, 0) is 4.79 Å². The Morgan fingerprint density at radius 1 is 0.818 bits per heavy atom. The van der Waals surface area contributed by atoms with Gasteiger partial charge in [-0.25, -0.2) is 9.79 Å². The van der Waals surface area contributed by atoms with Gasteiger partial charge in [0.05, 0.1) is 23.6 Å². The molecule has 3 heteroatoms. The van der Waals surface area contributed by atoms with E-state index in [9.17, 15) is 4.79 Å². The molecule has 3 aromatic rings. The maximum absolute atomic E-state index is 10.1. The zero-order chi connectivity index (χ0) is 23.1. The number of hydrogen-bond donors (Lipinski definition) is 0. The summed E-state index contributed by atoms with van der Waals surface area (Å²) in [6.45, 7) is 2.79. The third kappa shape index (κ3) is 7.12. The standard InChI is InChI=1S/C30H34N2O/c1-2-3-4-5-8-11-18-26(19-12-9-6-7-10-17-24-31-25-33)32-29-22-15-13-20-27(29)28-21-14-16-23-30(28)32/h13-16,20-23,26H,2-4,6-7,9-10,12,17,19,24H2,1H3. The quantitative estimate of drug-likeness (QED) is 0.124. The van der Waals surface area contributed by atoms with E-state index in [4.69, 9.17) is 0 Å². The van der Waals surface area contributed by atoms with Gasteiger partial charge >= 0.3 is 0 Å². The van der Waals surface area contributed by atoms with Crippen molar-refractivity contribution in [1.82, 2.24) is 4.57 Å². The highest BCUT2D eigenvalue weighted by atomic mass is 16.1. The minimum absolute atomic E-state index is 0.109. The molecule has 0 aliphatic carbocycles. The maximum Gasteiger partial charge on any atom is 0.234 e. The van der Waals surface area contributed by atoms with Crippen LogP contribution in [0.3, 0.4) is 0 Å². The number of benzene rings is 2. The smallest absolute Gasteiger partial charge is 0.234 e. The molecular weight excluding hydrogens is 404 g/mol. The number of fused-ring (bicyclic) bond motifs is 3. The van der Waals surface area contributed by atoms with Crippen LogP contribution < -0.4 is 0 Å². The van der Waals surface area contributed by atoms with Gasteiger partial charge in [-0.3, -0.25) is 0 Å². The Hall–Kier alpha value is -3.26. The van der Waals surface area contributed by atoms with Crippen LogP contribution in [0.4, 0.5) is 0 Å². The molecule has 1 unspecified atom stereocenters. The summed E-state index contributed by atoms with van der Waals surface area (Å²) in [6, 6.07) is 17.4. The number of para-hydroxylation sites is 2. The fraction of sp³-hybridized carbons (Fsp3) is 0.433. The number of aliphatic imine (C=N–C) groups is 1. The van der Waals surface area contributed by atoms with E-state index in [1.807, 2.05) is 0 Å². The van der Waals surface area contributed by atoms with Crippen LogP contribution in [0.2, 0.25) is 0 Å². The van der Waals surface area contributed by atoms with Crippen LogP contribution >= 0.6 is 0 Å². The van der Waals surface area contributed by atoms with Crippen molar-refractivity contribution in [2.24, 2.45) is 4.99 Å². The Morgan fingerprint density at radius 2 is 1.45 bits per heavy atom. The summed E-state index contributed by atoms with van der Waals surface area (Å²) in [5.74, 6) is 13.0. The highest BCUT2D eigenvalue weighted by Gasteiger charge is 2.16. The summed E-state index contributed by atoms with van der Waals surface area (Å²) in [6.07, 6.45) is 12.6. The molecule has 0 aliphatic heterocycles. The Balaban J connectivity index is 1.74. The molecule has 1 aromatic heterocycles. The van der Waals surface area contributed by atoms with Crippen LogP contribution in [0.5, 0.6) is 0 Å². The molecule has 0 N–H and O–H groups in total. The summed E-state index contributed by atoms with van der Waals surface area (Å²) < 4.78 is 2.42. The molecule has 33 heavy (non-hydrogen) atoms. The van der Waals surface area contributed by atoms with Gasteiger partial charge in [0.1, 0.15) is 0 Å². The molecule has 0 bridgehead atoms. The van der Waals surface area contributed by atoms with Gasteiger partial charge in [-0.1, -0.05) is 93.7 Å². The molecule has 0 radical (unpaired) electrons. The Kier molecular flexibility index (Phi) is 10.3. The lowest BCUT2D eigenvalue weighted by atomic mass is 10.0. The lowest BCUT2D eigenvalue weighted by Crippen LogP contribution is -2.07. The summed E-state index contributed by atoms with van der Waals surface area (Å²) in [5.41, 5.74) is 2.49. The van der Waals surface area contributed by atoms with E-state index < -0.39 is 0 Å². The van der Waals surface area contributed by atoms with Crippen LogP contribution in [-0.4, -0.2) is 17.2 Å². The topological polar surface area (TPSA) is 34.4 Å². The third-order valence-corrected chi connectivity index (χ3v) is 6.04. The predicted octanol–water partition coefficient (Wildman–Crippen LogP) is 7.60. The van der Waals surface area contributed by atoms with Crippen molar-refractivity contribution in [3.63, 3.8) is 0 Å². The van der Waals surface area contributed by atoms with Crippen molar-refractivity contribution in [2.75, 3.05) is 6.54 Å². The second-order valence-electron chi connectivity index (χ2n) is 8.48. The van der Waals surface area contributed by atoms with Crippen LogP contribution in [0.15, 0.2) is 53.5 Å². The summed E-state index contributed by atoms with van der Waals surface area (Å²) in [7, 11) is 0. The van der Waals surface area contributed by atoms with E-state index >= 15 is 0 Å². The number of nitrogens with zero attached hydrogens (tertiary/aromatic N) is 2. The number of rotatable bonds is 12. The highest BCUT2D eigenvalue weighted by molar-refractivity contribution is 6.08. The summed E-state index contributed by atoms with van der Waals surface area (Å²) >= 11 is 0. The van der Waals surface area contributed by atoms with Gasteiger partial charge in [0.15, 0.2) is 0 Å². The van der Waals surface area contributed by atoms with Gasteiger partial charge in [-0.2, -0.15) is 0 Å². The first kappa shape index (κ1) is 24.4. The minimum Gasteiger partial charge on any atom is -0.326 e. The molecular formula is C30H34N2O. The van der Waals surface area contributed by atoms with E-state index in [0.717, 1.165) is 44.9 Å². The van der Waals surface area contributed by atoms with Crippen molar-refractivity contribution < 1.29 is 4.79 Å². The van der Waals surface area contributed by atoms with Gasteiger partial charge < -0.3 is 4.57 Å². The second-order valence-corrected chi connectivity index (χ2v) is 8.48. The first-order chi connectivity index (χ1) is 16.4. The third-order valence-electron chi connectivity index (χ3n) is 6.04. The molecule has 0 aliphatic rings. The largest absolute Gasteiger partial charge is 0.326 e. The molecule has 1 heterocycles. The molecule has 0 fully saturated rings. The van der Waals surface area contributed by atoms with Crippen molar-refractivity contribution in [2.45, 2.75) is 77.2 Å². The van der Waals surface area contributed by atoms with Gasteiger partial charge in [-0.15, -0.1) is 0 Å². The van der Waals surface area contributed by atoms with Crippen LogP contribution in [0.25, 0.3) is 21.8 Å². The molecule has 2 aromatic carbocycles.